The minimum absolute atomic E-state index is 0.146. The highest BCUT2D eigenvalue weighted by atomic mass is 35.5. The number of hydrogen-bond donors (Lipinski definition) is 3. The number of rotatable bonds is 5. The number of nitrogens with two attached hydrogens (primary N) is 1. The van der Waals surface area contributed by atoms with Crippen LogP contribution in [0.4, 0.5) is 0 Å². The number of benzene rings is 1. The van der Waals surface area contributed by atoms with Gasteiger partial charge in [0.15, 0.2) is 0 Å². The van der Waals surface area contributed by atoms with Gasteiger partial charge >= 0.3 is 0 Å². The van der Waals surface area contributed by atoms with Crippen molar-refractivity contribution in [2.24, 2.45) is 5.73 Å². The van der Waals surface area contributed by atoms with Crippen LogP contribution in [0.5, 0.6) is 5.75 Å². The van der Waals surface area contributed by atoms with Gasteiger partial charge in [-0.3, -0.25) is 9.69 Å². The number of likely N-dealkylation sites (tertiary alicyclic amines) is 1. The van der Waals surface area contributed by atoms with Crippen LogP contribution < -0.4 is 11.1 Å². The molecule has 1 amide bonds. The molecule has 110 valence electrons. The second-order valence-electron chi connectivity index (χ2n) is 5.15. The number of phenols is 1. The van der Waals surface area contributed by atoms with Crippen molar-refractivity contribution in [3.05, 3.63) is 28.8 Å². The number of primary amides is 1. The number of nitrogens with zero attached hydrogens (tertiary/aromatic N) is 1. The second kappa shape index (κ2) is 6.92. The Bertz CT molecular complexity index is 473. The van der Waals surface area contributed by atoms with Gasteiger partial charge in [0, 0.05) is 31.2 Å². The molecular formula is C14H20ClN3O2. The number of aromatic hydroxyl groups is 1. The zero-order chi connectivity index (χ0) is 14.5. The van der Waals surface area contributed by atoms with Crippen molar-refractivity contribution in [1.82, 2.24) is 10.2 Å². The first-order valence-corrected chi connectivity index (χ1v) is 7.14. The van der Waals surface area contributed by atoms with E-state index < -0.39 is 0 Å². The molecule has 6 heteroatoms. The van der Waals surface area contributed by atoms with Crippen molar-refractivity contribution in [3.63, 3.8) is 0 Å². The Hall–Kier alpha value is -1.30. The van der Waals surface area contributed by atoms with E-state index in [0.717, 1.165) is 31.5 Å². The molecule has 0 radical (unpaired) electrons. The summed E-state index contributed by atoms with van der Waals surface area (Å²) in [6.07, 6.45) is 1.93. The predicted molar refractivity (Wildman–Crippen MR) is 78.6 cm³/mol. The number of hydrogen-bond acceptors (Lipinski definition) is 4. The SMILES string of the molecule is NC(=O)CN1CCC(NCc2cccc(Cl)c2O)CC1. The summed E-state index contributed by atoms with van der Waals surface area (Å²) >= 11 is 5.87. The Morgan fingerprint density at radius 2 is 2.15 bits per heavy atom. The van der Waals surface area contributed by atoms with Crippen LogP contribution in [0.25, 0.3) is 0 Å². The number of halogens is 1. The highest BCUT2D eigenvalue weighted by molar-refractivity contribution is 6.32. The summed E-state index contributed by atoms with van der Waals surface area (Å²) in [4.78, 5) is 12.9. The van der Waals surface area contributed by atoms with E-state index in [2.05, 4.69) is 10.2 Å². The van der Waals surface area contributed by atoms with E-state index in [1.54, 1.807) is 6.07 Å². The van der Waals surface area contributed by atoms with E-state index in [0.29, 0.717) is 24.2 Å². The van der Waals surface area contributed by atoms with Gasteiger partial charge in [0.1, 0.15) is 5.75 Å². The van der Waals surface area contributed by atoms with Crippen molar-refractivity contribution < 1.29 is 9.90 Å². The van der Waals surface area contributed by atoms with Gasteiger partial charge in [0.05, 0.1) is 11.6 Å². The highest BCUT2D eigenvalue weighted by Crippen LogP contribution is 2.27. The standard InChI is InChI=1S/C14H20ClN3O2/c15-12-3-1-2-10(14(12)20)8-17-11-4-6-18(7-5-11)9-13(16)19/h1-3,11,17,20H,4-9H2,(H2,16,19). The van der Waals surface area contributed by atoms with Gasteiger partial charge < -0.3 is 16.2 Å². The van der Waals surface area contributed by atoms with E-state index >= 15 is 0 Å². The van der Waals surface area contributed by atoms with Gasteiger partial charge in [0.25, 0.3) is 0 Å². The molecule has 0 aliphatic carbocycles. The third-order valence-electron chi connectivity index (χ3n) is 3.62. The van der Waals surface area contributed by atoms with Crippen molar-refractivity contribution in [1.29, 1.82) is 0 Å². The van der Waals surface area contributed by atoms with E-state index in [9.17, 15) is 9.90 Å². The molecule has 1 heterocycles. The number of para-hydroxylation sites is 1. The largest absolute Gasteiger partial charge is 0.506 e. The van der Waals surface area contributed by atoms with Gasteiger partial charge in [-0.2, -0.15) is 0 Å². The number of carbonyl (C=O) groups is 1. The van der Waals surface area contributed by atoms with Crippen LogP contribution in [0.15, 0.2) is 18.2 Å². The quantitative estimate of drug-likeness (QED) is 0.760. The highest BCUT2D eigenvalue weighted by Gasteiger charge is 2.20. The van der Waals surface area contributed by atoms with Crippen LogP contribution in [0, 0.1) is 0 Å². The van der Waals surface area contributed by atoms with E-state index in [-0.39, 0.29) is 11.7 Å². The van der Waals surface area contributed by atoms with E-state index in [1.165, 1.54) is 0 Å². The maximum atomic E-state index is 10.9. The summed E-state index contributed by atoms with van der Waals surface area (Å²) < 4.78 is 0. The summed E-state index contributed by atoms with van der Waals surface area (Å²) in [5, 5.41) is 13.6. The lowest BCUT2D eigenvalue weighted by atomic mass is 10.0. The first-order valence-electron chi connectivity index (χ1n) is 6.76. The van der Waals surface area contributed by atoms with Gasteiger partial charge in [-0.05, 0) is 18.9 Å². The normalized spacial score (nSPS) is 17.2. The minimum Gasteiger partial charge on any atom is -0.506 e. The molecule has 0 atom stereocenters. The molecule has 1 saturated heterocycles. The number of piperidine rings is 1. The number of phenolic OH excluding ortho intramolecular Hbond substituents is 1. The first-order chi connectivity index (χ1) is 9.56. The molecule has 0 spiro atoms. The zero-order valence-corrected chi connectivity index (χ0v) is 12.1. The molecule has 0 bridgehead atoms. The molecule has 1 aromatic rings. The maximum absolute atomic E-state index is 10.9. The van der Waals surface area contributed by atoms with Crippen LogP contribution in [-0.4, -0.2) is 41.6 Å². The summed E-state index contributed by atoms with van der Waals surface area (Å²) in [5.41, 5.74) is 5.99. The summed E-state index contributed by atoms with van der Waals surface area (Å²) in [7, 11) is 0. The van der Waals surface area contributed by atoms with Gasteiger partial charge in [0.2, 0.25) is 5.91 Å². The van der Waals surface area contributed by atoms with Gasteiger partial charge in [-0.1, -0.05) is 23.7 Å². The number of nitrogens with one attached hydrogen (secondary N) is 1. The molecule has 0 saturated carbocycles. The average molecular weight is 298 g/mol. The van der Waals surface area contributed by atoms with Gasteiger partial charge in [-0.25, -0.2) is 0 Å². The lowest BCUT2D eigenvalue weighted by Gasteiger charge is -2.31. The third kappa shape index (κ3) is 4.10. The lowest BCUT2D eigenvalue weighted by Crippen LogP contribution is -2.45. The monoisotopic (exact) mass is 297 g/mol. The zero-order valence-electron chi connectivity index (χ0n) is 11.3. The van der Waals surface area contributed by atoms with Crippen LogP contribution in [-0.2, 0) is 11.3 Å². The molecule has 20 heavy (non-hydrogen) atoms. The molecule has 4 N–H and O–H groups in total. The Kier molecular flexibility index (Phi) is 5.23. The predicted octanol–water partition coefficient (Wildman–Crippen LogP) is 1.08. The molecule has 2 rings (SSSR count). The van der Waals surface area contributed by atoms with Crippen LogP contribution in [0.2, 0.25) is 5.02 Å². The molecule has 1 fully saturated rings. The molecule has 5 nitrogen and oxygen atoms in total. The van der Waals surface area contributed by atoms with Crippen molar-refractivity contribution in [2.45, 2.75) is 25.4 Å². The molecule has 0 aromatic heterocycles. The molecular weight excluding hydrogens is 278 g/mol. The Morgan fingerprint density at radius 1 is 1.45 bits per heavy atom. The van der Waals surface area contributed by atoms with Crippen LogP contribution >= 0.6 is 11.6 Å². The Morgan fingerprint density at radius 3 is 2.80 bits per heavy atom. The smallest absolute Gasteiger partial charge is 0.231 e. The molecule has 0 unspecified atom stereocenters. The third-order valence-corrected chi connectivity index (χ3v) is 3.92. The second-order valence-corrected chi connectivity index (χ2v) is 5.55. The Labute approximate surface area is 123 Å². The van der Waals surface area contributed by atoms with Crippen LogP contribution in [0.3, 0.4) is 0 Å². The van der Waals surface area contributed by atoms with E-state index in [4.69, 9.17) is 17.3 Å². The van der Waals surface area contributed by atoms with Crippen molar-refractivity contribution in [2.75, 3.05) is 19.6 Å². The van der Waals surface area contributed by atoms with Crippen molar-refractivity contribution >= 4 is 17.5 Å². The average Bonchev–Trinajstić information content (AvgIpc) is 2.41. The Balaban J connectivity index is 1.79. The minimum atomic E-state index is -0.278. The van der Waals surface area contributed by atoms with E-state index in [1.807, 2.05) is 12.1 Å². The summed E-state index contributed by atoms with van der Waals surface area (Å²) in [6.45, 7) is 2.65. The summed E-state index contributed by atoms with van der Waals surface area (Å²) in [5.74, 6) is -0.131. The number of carbonyl (C=O) groups excluding carboxylic acids is 1. The van der Waals surface area contributed by atoms with Gasteiger partial charge in [-0.15, -0.1) is 0 Å². The van der Waals surface area contributed by atoms with Crippen molar-refractivity contribution in [3.8, 4) is 5.75 Å². The fraction of sp³-hybridized carbons (Fsp3) is 0.500. The number of amides is 1. The fourth-order valence-corrected chi connectivity index (χ4v) is 2.67. The topological polar surface area (TPSA) is 78.6 Å². The molecule has 1 aliphatic heterocycles. The summed E-state index contributed by atoms with van der Waals surface area (Å²) in [6, 6.07) is 5.74. The lowest BCUT2D eigenvalue weighted by molar-refractivity contribution is -0.119. The van der Waals surface area contributed by atoms with Crippen LogP contribution in [0.1, 0.15) is 18.4 Å². The first kappa shape index (κ1) is 15.1. The molecule has 1 aromatic carbocycles. The molecule has 1 aliphatic rings. The fourth-order valence-electron chi connectivity index (χ4n) is 2.47. The maximum Gasteiger partial charge on any atom is 0.231 e.